The molecule has 0 amide bonds. The average molecular weight is 220 g/mol. The first kappa shape index (κ1) is 13.5. The molecule has 0 radical (unpaired) electrons. The number of hydrogen-bond donors (Lipinski definition) is 0. The van der Waals surface area contributed by atoms with Crippen LogP contribution in [0.25, 0.3) is 0 Å². The van der Waals surface area contributed by atoms with Gasteiger partial charge in [0, 0.05) is 6.42 Å². The maximum Gasteiger partial charge on any atom is 0.511 e. The molecule has 0 aliphatic rings. The molecular weight excluding hydrogens is 204 g/mol. The molecule has 88 valence electrons. The Balaban J connectivity index is 3.91. The molecule has 0 saturated heterocycles. The second-order valence-corrected chi connectivity index (χ2v) is 2.44. The van der Waals surface area contributed by atoms with E-state index in [9.17, 15) is 9.59 Å². The minimum Gasteiger partial charge on any atom is -0.435 e. The Morgan fingerprint density at radius 1 is 0.933 bits per heavy atom. The highest BCUT2D eigenvalue weighted by atomic mass is 16.8. The Hall–Kier alpha value is -1.46. The van der Waals surface area contributed by atoms with Gasteiger partial charge in [0.1, 0.15) is 0 Å². The molecule has 6 nitrogen and oxygen atoms in total. The number of carbonyl (C=O) groups excluding carboxylic acids is 2. The normalized spacial score (nSPS) is 9.60. The van der Waals surface area contributed by atoms with E-state index in [-0.39, 0.29) is 13.2 Å². The molecule has 0 N–H and O–H groups in total. The number of rotatable bonds is 5. The lowest BCUT2D eigenvalue weighted by atomic mass is 10.5. The smallest absolute Gasteiger partial charge is 0.435 e. The van der Waals surface area contributed by atoms with E-state index in [0.717, 1.165) is 0 Å². The third kappa shape index (κ3) is 6.59. The molecule has 0 rings (SSSR count). The standard InChI is InChI=1S/C9H16O6/c1-4-7(14-8(10)12-5-2)15-9(11)13-6-3/h7H,4-6H2,1-3H3. The van der Waals surface area contributed by atoms with Crippen LogP contribution in [0.4, 0.5) is 9.59 Å². The van der Waals surface area contributed by atoms with Gasteiger partial charge in [-0.2, -0.15) is 0 Å². The van der Waals surface area contributed by atoms with Gasteiger partial charge in [-0.15, -0.1) is 0 Å². The molecule has 15 heavy (non-hydrogen) atoms. The Kier molecular flexibility index (Phi) is 7.13. The molecule has 0 saturated carbocycles. The van der Waals surface area contributed by atoms with Crippen molar-refractivity contribution >= 4 is 12.3 Å². The van der Waals surface area contributed by atoms with Crippen molar-refractivity contribution in [2.45, 2.75) is 33.5 Å². The van der Waals surface area contributed by atoms with E-state index in [1.54, 1.807) is 20.8 Å². The van der Waals surface area contributed by atoms with Crippen molar-refractivity contribution in [1.82, 2.24) is 0 Å². The average Bonchev–Trinajstić information content (AvgIpc) is 2.17. The predicted octanol–water partition coefficient (Wildman–Crippen LogP) is 2.07. The Labute approximate surface area is 88.4 Å². The Bertz CT molecular complexity index is 183. The van der Waals surface area contributed by atoms with Crippen LogP contribution in [-0.2, 0) is 18.9 Å². The number of carbonyl (C=O) groups is 2. The fraction of sp³-hybridized carbons (Fsp3) is 0.778. The maximum absolute atomic E-state index is 10.9. The van der Waals surface area contributed by atoms with E-state index in [1.807, 2.05) is 0 Å². The topological polar surface area (TPSA) is 71.1 Å². The van der Waals surface area contributed by atoms with Crippen LogP contribution in [0.2, 0.25) is 0 Å². The largest absolute Gasteiger partial charge is 0.511 e. The maximum atomic E-state index is 10.9. The van der Waals surface area contributed by atoms with Crippen LogP contribution in [0.1, 0.15) is 27.2 Å². The second-order valence-electron chi connectivity index (χ2n) is 2.44. The summed E-state index contributed by atoms with van der Waals surface area (Å²) >= 11 is 0. The van der Waals surface area contributed by atoms with Crippen LogP contribution in [0.5, 0.6) is 0 Å². The lowest BCUT2D eigenvalue weighted by molar-refractivity contribution is -0.104. The molecule has 0 heterocycles. The molecule has 0 fully saturated rings. The lowest BCUT2D eigenvalue weighted by Gasteiger charge is -2.15. The summed E-state index contributed by atoms with van der Waals surface area (Å²) in [6, 6.07) is 0. The van der Waals surface area contributed by atoms with Gasteiger partial charge in [0.2, 0.25) is 0 Å². The van der Waals surface area contributed by atoms with Gasteiger partial charge in [-0.3, -0.25) is 0 Å². The van der Waals surface area contributed by atoms with Crippen molar-refractivity contribution < 1.29 is 28.5 Å². The number of hydrogen-bond acceptors (Lipinski definition) is 6. The summed E-state index contributed by atoms with van der Waals surface area (Å²) in [6.07, 6.45) is -2.37. The molecule has 0 bridgehead atoms. The summed E-state index contributed by atoms with van der Waals surface area (Å²) in [4.78, 5) is 21.8. The minimum atomic E-state index is -0.969. The quantitative estimate of drug-likeness (QED) is 0.521. The summed E-state index contributed by atoms with van der Waals surface area (Å²) in [7, 11) is 0. The molecule has 0 aliphatic heterocycles. The fourth-order valence-corrected chi connectivity index (χ4v) is 0.709. The predicted molar refractivity (Wildman–Crippen MR) is 50.3 cm³/mol. The van der Waals surface area contributed by atoms with Gasteiger partial charge in [0.15, 0.2) is 0 Å². The summed E-state index contributed by atoms with van der Waals surface area (Å²) in [6.45, 7) is 5.40. The van der Waals surface area contributed by atoms with E-state index in [1.165, 1.54) is 0 Å². The van der Waals surface area contributed by atoms with Crippen molar-refractivity contribution in [2.75, 3.05) is 13.2 Å². The Morgan fingerprint density at radius 2 is 1.33 bits per heavy atom. The van der Waals surface area contributed by atoms with Gasteiger partial charge in [0.05, 0.1) is 13.2 Å². The van der Waals surface area contributed by atoms with E-state index in [4.69, 9.17) is 0 Å². The first-order valence-electron chi connectivity index (χ1n) is 4.80. The van der Waals surface area contributed by atoms with E-state index in [0.29, 0.717) is 6.42 Å². The van der Waals surface area contributed by atoms with E-state index < -0.39 is 18.6 Å². The monoisotopic (exact) mass is 220 g/mol. The van der Waals surface area contributed by atoms with Crippen molar-refractivity contribution in [3.63, 3.8) is 0 Å². The van der Waals surface area contributed by atoms with Gasteiger partial charge in [-0.1, -0.05) is 6.92 Å². The molecule has 0 aromatic carbocycles. The minimum absolute atomic E-state index is 0.203. The first-order valence-corrected chi connectivity index (χ1v) is 4.80. The second kappa shape index (κ2) is 7.90. The lowest BCUT2D eigenvalue weighted by Crippen LogP contribution is -2.24. The van der Waals surface area contributed by atoms with Crippen LogP contribution in [0.15, 0.2) is 0 Å². The van der Waals surface area contributed by atoms with Crippen LogP contribution < -0.4 is 0 Å². The molecule has 0 aromatic rings. The zero-order chi connectivity index (χ0) is 11.7. The van der Waals surface area contributed by atoms with Crippen LogP contribution in [0.3, 0.4) is 0 Å². The summed E-state index contributed by atoms with van der Waals surface area (Å²) < 4.78 is 18.4. The molecule has 0 spiro atoms. The van der Waals surface area contributed by atoms with Gasteiger partial charge in [-0.05, 0) is 13.8 Å². The first-order chi connectivity index (χ1) is 7.13. The van der Waals surface area contributed by atoms with Crippen molar-refractivity contribution in [1.29, 1.82) is 0 Å². The Morgan fingerprint density at radius 3 is 1.60 bits per heavy atom. The fourth-order valence-electron chi connectivity index (χ4n) is 0.709. The summed E-state index contributed by atoms with van der Waals surface area (Å²) in [5.74, 6) is 0. The third-order valence-electron chi connectivity index (χ3n) is 1.31. The van der Waals surface area contributed by atoms with Gasteiger partial charge >= 0.3 is 12.3 Å². The van der Waals surface area contributed by atoms with Gasteiger partial charge < -0.3 is 18.9 Å². The highest BCUT2D eigenvalue weighted by molar-refractivity contribution is 5.62. The van der Waals surface area contributed by atoms with E-state index in [2.05, 4.69) is 18.9 Å². The molecule has 0 aliphatic carbocycles. The third-order valence-corrected chi connectivity index (χ3v) is 1.31. The van der Waals surface area contributed by atoms with Crippen LogP contribution >= 0.6 is 0 Å². The van der Waals surface area contributed by atoms with Gasteiger partial charge in [0.25, 0.3) is 6.29 Å². The molecule has 6 heteroatoms. The zero-order valence-electron chi connectivity index (χ0n) is 9.15. The zero-order valence-corrected chi connectivity index (χ0v) is 9.15. The van der Waals surface area contributed by atoms with Crippen LogP contribution in [-0.4, -0.2) is 31.8 Å². The van der Waals surface area contributed by atoms with Crippen molar-refractivity contribution in [3.05, 3.63) is 0 Å². The van der Waals surface area contributed by atoms with Crippen LogP contribution in [0, 0.1) is 0 Å². The van der Waals surface area contributed by atoms with Crippen molar-refractivity contribution in [2.24, 2.45) is 0 Å². The molecule has 0 unspecified atom stereocenters. The highest BCUT2D eigenvalue weighted by Crippen LogP contribution is 2.04. The molecule has 0 atom stereocenters. The highest BCUT2D eigenvalue weighted by Gasteiger charge is 2.18. The SMILES string of the molecule is CCOC(=O)OC(CC)OC(=O)OCC. The van der Waals surface area contributed by atoms with Crippen molar-refractivity contribution in [3.8, 4) is 0 Å². The molecule has 0 aromatic heterocycles. The number of ether oxygens (including phenoxy) is 4. The summed E-state index contributed by atoms with van der Waals surface area (Å²) in [5.41, 5.74) is 0. The van der Waals surface area contributed by atoms with Gasteiger partial charge in [-0.25, -0.2) is 9.59 Å². The van der Waals surface area contributed by atoms with E-state index >= 15 is 0 Å². The summed E-state index contributed by atoms with van der Waals surface area (Å²) in [5, 5.41) is 0. The molecular formula is C9H16O6.